The van der Waals surface area contributed by atoms with Crippen LogP contribution >= 0.6 is 0 Å². The van der Waals surface area contributed by atoms with E-state index in [1.165, 1.54) is 44.9 Å². The van der Waals surface area contributed by atoms with Crippen molar-refractivity contribution >= 4 is 6.34 Å². The minimum absolute atomic E-state index is 0.559. The molecular formula is C18H38N2. The molecule has 0 aromatic rings. The topological polar surface area (TPSA) is 24.4 Å². The average Bonchev–Trinajstić information content (AvgIpc) is 2.87. The summed E-state index contributed by atoms with van der Waals surface area (Å²) in [4.78, 5) is 3.93. The van der Waals surface area contributed by atoms with E-state index in [-0.39, 0.29) is 0 Å². The van der Waals surface area contributed by atoms with Crippen LogP contribution in [0.25, 0.3) is 0 Å². The molecule has 1 N–H and O–H groups in total. The van der Waals surface area contributed by atoms with Gasteiger partial charge in [0.25, 0.3) is 0 Å². The molecule has 0 saturated carbocycles. The quantitative estimate of drug-likeness (QED) is 0.590. The van der Waals surface area contributed by atoms with E-state index in [9.17, 15) is 0 Å². The van der Waals surface area contributed by atoms with Gasteiger partial charge in [0.1, 0.15) is 0 Å². The van der Waals surface area contributed by atoms with E-state index in [1.807, 2.05) is 0 Å². The molecule has 120 valence electrons. The van der Waals surface area contributed by atoms with Gasteiger partial charge in [-0.05, 0) is 24.7 Å². The third-order valence-electron chi connectivity index (χ3n) is 4.56. The first-order valence-corrected chi connectivity index (χ1v) is 8.68. The summed E-state index contributed by atoms with van der Waals surface area (Å²) in [6.45, 7) is 14.9. The third kappa shape index (κ3) is 9.39. The molecule has 0 aliphatic carbocycles. The standard InChI is InChI=1S/C14H30.C4H8N2/c1-6-8-9-10-12-14(4,5)13(3)11-7-2;1-4-2-5-3-6-4/h13H,6-12H2,1-5H3;3-4H,2H2,1H3,(H,5,6). The van der Waals surface area contributed by atoms with Gasteiger partial charge in [-0.1, -0.05) is 73.1 Å². The Balaban J connectivity index is 0.000000493. The highest BCUT2D eigenvalue weighted by atomic mass is 15.0. The Morgan fingerprint density at radius 1 is 1.20 bits per heavy atom. The van der Waals surface area contributed by atoms with Gasteiger partial charge in [-0.2, -0.15) is 0 Å². The minimum Gasteiger partial charge on any atom is -0.372 e. The monoisotopic (exact) mass is 282 g/mol. The Bertz CT molecular complexity index is 238. The second-order valence-corrected chi connectivity index (χ2v) is 7.05. The molecule has 0 saturated heterocycles. The minimum atomic E-state index is 0.559. The van der Waals surface area contributed by atoms with Crippen LogP contribution in [0.4, 0.5) is 0 Å². The van der Waals surface area contributed by atoms with Gasteiger partial charge in [-0.15, -0.1) is 0 Å². The molecule has 1 aliphatic heterocycles. The van der Waals surface area contributed by atoms with Crippen molar-refractivity contribution in [1.82, 2.24) is 5.32 Å². The largest absolute Gasteiger partial charge is 0.372 e. The Kier molecular flexibility index (Phi) is 10.9. The summed E-state index contributed by atoms with van der Waals surface area (Å²) in [5.74, 6) is 0.883. The Labute approximate surface area is 127 Å². The van der Waals surface area contributed by atoms with Crippen LogP contribution in [0.1, 0.15) is 86.5 Å². The fourth-order valence-corrected chi connectivity index (χ4v) is 2.52. The lowest BCUT2D eigenvalue weighted by Crippen LogP contribution is -2.21. The molecule has 0 aromatic heterocycles. The zero-order valence-electron chi connectivity index (χ0n) is 14.8. The molecule has 0 radical (unpaired) electrons. The van der Waals surface area contributed by atoms with Gasteiger partial charge in [0.15, 0.2) is 0 Å². The number of hydrogen-bond donors (Lipinski definition) is 1. The van der Waals surface area contributed by atoms with Crippen molar-refractivity contribution in [3.8, 4) is 0 Å². The van der Waals surface area contributed by atoms with Crippen molar-refractivity contribution in [2.45, 2.75) is 92.5 Å². The highest BCUT2D eigenvalue weighted by Crippen LogP contribution is 2.35. The van der Waals surface area contributed by atoms with Gasteiger partial charge in [-0.25, -0.2) is 0 Å². The molecule has 0 spiro atoms. The maximum Gasteiger partial charge on any atom is 0.0827 e. The Morgan fingerprint density at radius 2 is 1.90 bits per heavy atom. The molecule has 0 aromatic carbocycles. The van der Waals surface area contributed by atoms with E-state index >= 15 is 0 Å². The van der Waals surface area contributed by atoms with Gasteiger partial charge < -0.3 is 5.32 Å². The van der Waals surface area contributed by atoms with Crippen LogP contribution in [0.3, 0.4) is 0 Å². The lowest BCUT2D eigenvalue weighted by Gasteiger charge is -2.32. The molecule has 0 amide bonds. The van der Waals surface area contributed by atoms with E-state index in [4.69, 9.17) is 0 Å². The van der Waals surface area contributed by atoms with Crippen LogP contribution < -0.4 is 5.32 Å². The molecular weight excluding hydrogens is 244 g/mol. The van der Waals surface area contributed by atoms with E-state index in [0.29, 0.717) is 11.5 Å². The van der Waals surface area contributed by atoms with E-state index in [0.717, 1.165) is 12.5 Å². The molecule has 0 bridgehead atoms. The van der Waals surface area contributed by atoms with Crippen LogP contribution in [0.15, 0.2) is 4.99 Å². The molecule has 0 fully saturated rings. The predicted molar refractivity (Wildman–Crippen MR) is 92.6 cm³/mol. The number of unbranched alkanes of at least 4 members (excludes halogenated alkanes) is 3. The normalized spacial score (nSPS) is 19.2. The van der Waals surface area contributed by atoms with E-state index in [2.05, 4.69) is 51.9 Å². The van der Waals surface area contributed by atoms with E-state index in [1.54, 1.807) is 6.34 Å². The van der Waals surface area contributed by atoms with Gasteiger partial charge in [0.2, 0.25) is 0 Å². The first kappa shape index (κ1) is 19.5. The molecule has 1 aliphatic rings. The first-order chi connectivity index (χ1) is 9.44. The van der Waals surface area contributed by atoms with Crippen LogP contribution in [0.5, 0.6) is 0 Å². The summed E-state index contributed by atoms with van der Waals surface area (Å²) < 4.78 is 0. The Hall–Kier alpha value is -0.530. The highest BCUT2D eigenvalue weighted by Gasteiger charge is 2.24. The third-order valence-corrected chi connectivity index (χ3v) is 4.56. The van der Waals surface area contributed by atoms with Crippen molar-refractivity contribution in [3.63, 3.8) is 0 Å². The summed E-state index contributed by atoms with van der Waals surface area (Å²) in [6.07, 6.45) is 11.5. The number of rotatable bonds is 8. The maximum atomic E-state index is 3.93. The summed E-state index contributed by atoms with van der Waals surface area (Å²) in [5.41, 5.74) is 0.559. The summed E-state index contributed by atoms with van der Waals surface area (Å²) in [6, 6.07) is 0.574. The summed E-state index contributed by atoms with van der Waals surface area (Å²) >= 11 is 0. The van der Waals surface area contributed by atoms with Gasteiger partial charge in [0, 0.05) is 6.04 Å². The number of hydrogen-bond acceptors (Lipinski definition) is 2. The lowest BCUT2D eigenvalue weighted by atomic mass is 9.74. The molecule has 2 atom stereocenters. The van der Waals surface area contributed by atoms with Crippen LogP contribution in [0, 0.1) is 11.3 Å². The second-order valence-electron chi connectivity index (χ2n) is 7.05. The second kappa shape index (κ2) is 11.2. The molecule has 2 unspecified atom stereocenters. The van der Waals surface area contributed by atoms with Crippen molar-refractivity contribution in [3.05, 3.63) is 0 Å². The number of aliphatic imine (C=N–C) groups is 1. The number of nitrogens with zero attached hydrogens (tertiary/aromatic N) is 1. The molecule has 1 heterocycles. The maximum absolute atomic E-state index is 3.93. The van der Waals surface area contributed by atoms with Crippen LogP contribution in [-0.4, -0.2) is 18.9 Å². The Morgan fingerprint density at radius 3 is 2.30 bits per heavy atom. The predicted octanol–water partition coefficient (Wildman–Crippen LogP) is 5.43. The van der Waals surface area contributed by atoms with Crippen LogP contribution in [-0.2, 0) is 0 Å². The molecule has 1 rings (SSSR count). The van der Waals surface area contributed by atoms with Crippen molar-refractivity contribution in [1.29, 1.82) is 0 Å². The summed E-state index contributed by atoms with van der Waals surface area (Å²) in [7, 11) is 0. The van der Waals surface area contributed by atoms with Crippen molar-refractivity contribution in [2.24, 2.45) is 16.3 Å². The van der Waals surface area contributed by atoms with Gasteiger partial charge >= 0.3 is 0 Å². The SMILES string of the molecule is CC1CN=CN1.CCCCCCC(C)(C)C(C)CCC. The number of nitrogens with one attached hydrogen (secondary N) is 1. The zero-order chi connectivity index (χ0) is 15.4. The average molecular weight is 283 g/mol. The van der Waals surface area contributed by atoms with E-state index < -0.39 is 0 Å². The highest BCUT2D eigenvalue weighted by molar-refractivity contribution is 5.57. The first-order valence-electron chi connectivity index (χ1n) is 8.68. The fourth-order valence-electron chi connectivity index (χ4n) is 2.52. The lowest BCUT2D eigenvalue weighted by molar-refractivity contribution is 0.192. The van der Waals surface area contributed by atoms with Gasteiger partial charge in [0.05, 0.1) is 12.9 Å². The molecule has 2 nitrogen and oxygen atoms in total. The van der Waals surface area contributed by atoms with Crippen LogP contribution in [0.2, 0.25) is 0 Å². The fraction of sp³-hybridized carbons (Fsp3) is 0.944. The summed E-state index contributed by atoms with van der Waals surface area (Å²) in [5, 5.41) is 3.03. The molecule has 20 heavy (non-hydrogen) atoms. The van der Waals surface area contributed by atoms with Crippen molar-refractivity contribution in [2.75, 3.05) is 6.54 Å². The smallest absolute Gasteiger partial charge is 0.0827 e. The molecule has 2 heteroatoms. The van der Waals surface area contributed by atoms with Crippen molar-refractivity contribution < 1.29 is 0 Å². The zero-order valence-corrected chi connectivity index (χ0v) is 14.8. The van der Waals surface area contributed by atoms with Gasteiger partial charge in [-0.3, -0.25) is 4.99 Å².